The summed E-state index contributed by atoms with van der Waals surface area (Å²) in [6.45, 7) is 0. The molecule has 18 rings (SSSR count). The topological polar surface area (TPSA) is 104 Å². The van der Waals surface area contributed by atoms with Crippen LogP contribution in [0.3, 0.4) is 0 Å². The summed E-state index contributed by atoms with van der Waals surface area (Å²) in [4.78, 5) is 31.3. The molecule has 8 nitrogen and oxygen atoms in total. The second-order valence-corrected chi connectivity index (χ2v) is 23.0. The molecule has 0 spiro atoms. The summed E-state index contributed by atoms with van der Waals surface area (Å²) in [5.41, 5.74) is 15.5. The number of furan rings is 2. The van der Waals surface area contributed by atoms with E-state index in [-0.39, 0.29) is 0 Å². The Morgan fingerprint density at radius 1 is 0.167 bits per heavy atom. The molecule has 90 heavy (non-hydrogen) atoms. The lowest BCUT2D eigenvalue weighted by Crippen LogP contribution is -2.01. The van der Waals surface area contributed by atoms with Crippen LogP contribution >= 0.6 is 0 Å². The Hall–Kier alpha value is -12.3. The second kappa shape index (κ2) is 20.7. The number of fused-ring (bicyclic) bond motifs is 10. The van der Waals surface area contributed by atoms with Crippen molar-refractivity contribution in [1.29, 1.82) is 0 Å². The Labute approximate surface area is 515 Å². The fourth-order valence-electron chi connectivity index (χ4n) is 12.9. The second-order valence-electron chi connectivity index (χ2n) is 23.0. The SMILES string of the molecule is c1ccc2cc(-c3nc(-c4ccc(-c5ccc6oc7ccccc7c6c5)cc4)nc(-c4ccc5cc(-c6ccc(-c7nc(-c8ccc9ccccc9c8)nc(-c8ccc(-c9ccc%10oc%11ccccc%11c%10c9)c9ccccc89)n7)cc6)ccc5c4)n3)ccc2c1. The Morgan fingerprint density at radius 2 is 0.467 bits per heavy atom. The zero-order valence-corrected chi connectivity index (χ0v) is 48.2. The molecule has 4 heterocycles. The monoisotopic (exact) mass is 1150 g/mol. The lowest BCUT2D eigenvalue weighted by atomic mass is 9.94. The number of nitrogens with zero attached hydrogens (tertiary/aromatic N) is 6. The standard InChI is InChI=1S/C82H48N6O2/c1-3-13-55-44-62(34-25-49(55)11-1)79-83-77(53-29-23-52(24-30-53)60-37-41-75-71(47-60)68-17-7-9-19-73(68)89-75)84-80(86-79)64-36-33-58-43-57(31-32-59(58)46-64)51-21-27-54(28-22-51)78-85-81(63-35-26-50-12-2-4-14-56(50)45-63)88-82(87-78)70-40-39-65(66-15-5-6-16-67(66)70)61-38-42-76-72(48-61)69-18-8-10-20-74(69)90-76/h1-48H. The molecule has 418 valence electrons. The van der Waals surface area contributed by atoms with E-state index in [4.69, 9.17) is 38.7 Å². The van der Waals surface area contributed by atoms with E-state index < -0.39 is 0 Å². The van der Waals surface area contributed by atoms with Crippen LogP contribution in [0.5, 0.6) is 0 Å². The molecular weight excluding hydrogens is 1100 g/mol. The lowest BCUT2D eigenvalue weighted by Gasteiger charge is -2.13. The predicted octanol–water partition coefficient (Wildman–Crippen LogP) is 21.5. The van der Waals surface area contributed by atoms with E-state index in [0.29, 0.717) is 34.9 Å². The van der Waals surface area contributed by atoms with Crippen LogP contribution in [0, 0.1) is 0 Å². The van der Waals surface area contributed by atoms with Crippen LogP contribution in [0.25, 0.3) is 189 Å². The van der Waals surface area contributed by atoms with Gasteiger partial charge in [0, 0.05) is 54.9 Å². The molecule has 8 heteroatoms. The van der Waals surface area contributed by atoms with E-state index in [0.717, 1.165) is 154 Å². The van der Waals surface area contributed by atoms with Crippen molar-refractivity contribution >= 4 is 87.0 Å². The van der Waals surface area contributed by atoms with Crippen molar-refractivity contribution in [3.8, 4) is 102 Å². The van der Waals surface area contributed by atoms with Crippen molar-refractivity contribution in [1.82, 2.24) is 29.9 Å². The first kappa shape index (κ1) is 51.0. The summed E-state index contributed by atoms with van der Waals surface area (Å²) in [5.74, 6) is 3.59. The van der Waals surface area contributed by atoms with Crippen molar-refractivity contribution < 1.29 is 8.83 Å². The van der Waals surface area contributed by atoms with Crippen LogP contribution in [-0.4, -0.2) is 29.9 Å². The lowest BCUT2D eigenvalue weighted by molar-refractivity contribution is 0.668. The molecule has 0 saturated carbocycles. The van der Waals surface area contributed by atoms with E-state index >= 15 is 0 Å². The number of rotatable bonds is 9. The summed E-state index contributed by atoms with van der Waals surface area (Å²) < 4.78 is 12.3. The molecule has 14 aromatic carbocycles. The summed E-state index contributed by atoms with van der Waals surface area (Å²) in [7, 11) is 0. The van der Waals surface area contributed by atoms with Crippen molar-refractivity contribution in [3.63, 3.8) is 0 Å². The molecule has 0 N–H and O–H groups in total. The van der Waals surface area contributed by atoms with Crippen molar-refractivity contribution in [3.05, 3.63) is 291 Å². The van der Waals surface area contributed by atoms with E-state index in [1.807, 2.05) is 30.3 Å². The van der Waals surface area contributed by atoms with E-state index in [2.05, 4.69) is 261 Å². The highest BCUT2D eigenvalue weighted by atomic mass is 16.3. The molecule has 4 aromatic heterocycles. The normalized spacial score (nSPS) is 11.8. The van der Waals surface area contributed by atoms with E-state index in [1.165, 1.54) is 0 Å². The number of hydrogen-bond donors (Lipinski definition) is 0. The highest BCUT2D eigenvalue weighted by molar-refractivity contribution is 6.10. The van der Waals surface area contributed by atoms with Crippen LogP contribution in [0.1, 0.15) is 0 Å². The van der Waals surface area contributed by atoms with Crippen molar-refractivity contribution in [2.75, 3.05) is 0 Å². The first-order valence-corrected chi connectivity index (χ1v) is 30.1. The van der Waals surface area contributed by atoms with Crippen LogP contribution in [0.4, 0.5) is 0 Å². The summed E-state index contributed by atoms with van der Waals surface area (Å²) >= 11 is 0. The third-order valence-corrected chi connectivity index (χ3v) is 17.6. The van der Waals surface area contributed by atoms with Crippen molar-refractivity contribution in [2.45, 2.75) is 0 Å². The fourth-order valence-corrected chi connectivity index (χ4v) is 12.9. The molecule has 0 aliphatic rings. The minimum Gasteiger partial charge on any atom is -0.456 e. The minimum absolute atomic E-state index is 0.589. The molecule has 0 radical (unpaired) electrons. The van der Waals surface area contributed by atoms with Gasteiger partial charge in [-0.15, -0.1) is 0 Å². The average Bonchev–Trinajstić information content (AvgIpc) is 1.34. The molecular formula is C82H48N6O2. The number of aromatic nitrogens is 6. The smallest absolute Gasteiger partial charge is 0.164 e. The van der Waals surface area contributed by atoms with Crippen LogP contribution in [0.2, 0.25) is 0 Å². The Morgan fingerprint density at radius 3 is 0.978 bits per heavy atom. The predicted molar refractivity (Wildman–Crippen MR) is 367 cm³/mol. The number of hydrogen-bond acceptors (Lipinski definition) is 8. The maximum Gasteiger partial charge on any atom is 0.164 e. The van der Waals surface area contributed by atoms with Gasteiger partial charge in [-0.05, 0) is 143 Å². The van der Waals surface area contributed by atoms with E-state index in [1.54, 1.807) is 0 Å². The van der Waals surface area contributed by atoms with Gasteiger partial charge in [-0.3, -0.25) is 0 Å². The van der Waals surface area contributed by atoms with Gasteiger partial charge in [0.2, 0.25) is 0 Å². The number of benzene rings is 14. The Bertz CT molecular complexity index is 5930. The zero-order valence-electron chi connectivity index (χ0n) is 48.2. The molecule has 0 atom stereocenters. The van der Waals surface area contributed by atoms with Gasteiger partial charge >= 0.3 is 0 Å². The van der Waals surface area contributed by atoms with E-state index in [9.17, 15) is 0 Å². The molecule has 0 fully saturated rings. The van der Waals surface area contributed by atoms with Gasteiger partial charge in [0.25, 0.3) is 0 Å². The summed E-state index contributed by atoms with van der Waals surface area (Å²) in [6, 6.07) is 102. The van der Waals surface area contributed by atoms with Crippen LogP contribution in [-0.2, 0) is 0 Å². The molecule has 18 aromatic rings. The third kappa shape index (κ3) is 8.92. The molecule has 0 amide bonds. The molecule has 0 bridgehead atoms. The fraction of sp³-hybridized carbons (Fsp3) is 0. The Balaban J connectivity index is 0.680. The maximum atomic E-state index is 6.21. The number of para-hydroxylation sites is 2. The van der Waals surface area contributed by atoms with Gasteiger partial charge in [-0.2, -0.15) is 0 Å². The third-order valence-electron chi connectivity index (χ3n) is 17.6. The van der Waals surface area contributed by atoms with Gasteiger partial charge in [0.05, 0.1) is 0 Å². The zero-order chi connectivity index (χ0) is 59.2. The largest absolute Gasteiger partial charge is 0.456 e. The molecule has 0 aliphatic carbocycles. The quantitative estimate of drug-likeness (QED) is 0.141. The van der Waals surface area contributed by atoms with Gasteiger partial charge in [0.1, 0.15) is 22.3 Å². The summed E-state index contributed by atoms with van der Waals surface area (Å²) in [6.07, 6.45) is 0. The van der Waals surface area contributed by atoms with Crippen molar-refractivity contribution in [2.24, 2.45) is 0 Å². The van der Waals surface area contributed by atoms with Gasteiger partial charge < -0.3 is 8.83 Å². The molecule has 0 saturated heterocycles. The van der Waals surface area contributed by atoms with Crippen LogP contribution in [0.15, 0.2) is 300 Å². The van der Waals surface area contributed by atoms with Gasteiger partial charge in [-0.25, -0.2) is 29.9 Å². The summed E-state index contributed by atoms with van der Waals surface area (Å²) in [5, 5.41) is 13.3. The average molecular weight is 1150 g/mol. The highest BCUT2D eigenvalue weighted by Crippen LogP contribution is 2.41. The van der Waals surface area contributed by atoms with Gasteiger partial charge in [-0.1, -0.05) is 224 Å². The maximum absolute atomic E-state index is 6.21. The molecule has 0 unspecified atom stereocenters. The minimum atomic E-state index is 0.589. The first-order valence-electron chi connectivity index (χ1n) is 30.1. The highest BCUT2D eigenvalue weighted by Gasteiger charge is 2.20. The molecule has 0 aliphatic heterocycles. The van der Waals surface area contributed by atoms with Gasteiger partial charge in [0.15, 0.2) is 34.9 Å². The Kier molecular flexibility index (Phi) is 11.7. The first-order chi connectivity index (χ1) is 44.5. The van der Waals surface area contributed by atoms with Crippen LogP contribution < -0.4 is 0 Å².